The Morgan fingerprint density at radius 2 is 1.39 bits per heavy atom. The second kappa shape index (κ2) is 16.2. The van der Waals surface area contributed by atoms with Gasteiger partial charge in [0.2, 0.25) is 0 Å². The summed E-state index contributed by atoms with van der Waals surface area (Å²) in [5, 5.41) is 0. The Labute approximate surface area is 268 Å². The molecule has 0 amide bonds. The van der Waals surface area contributed by atoms with Gasteiger partial charge >= 0.3 is 23.9 Å². The molecule has 1 saturated carbocycles. The predicted octanol–water partition coefficient (Wildman–Crippen LogP) is 7.11. The van der Waals surface area contributed by atoms with E-state index in [2.05, 4.69) is 13.2 Å². The summed E-state index contributed by atoms with van der Waals surface area (Å²) in [5.41, 5.74) is 2.99. The Hall–Kier alpha value is -5.18. The van der Waals surface area contributed by atoms with Crippen LogP contribution in [0.15, 0.2) is 91.0 Å². The number of benzene rings is 3. The van der Waals surface area contributed by atoms with Crippen LogP contribution in [0, 0.1) is 6.92 Å². The maximum absolute atomic E-state index is 12.8. The molecule has 0 aromatic heterocycles. The topological polar surface area (TPSA) is 114 Å². The number of rotatable bonds is 13. The molecule has 9 nitrogen and oxygen atoms in total. The van der Waals surface area contributed by atoms with Crippen LogP contribution in [0.25, 0.3) is 11.1 Å². The molecule has 1 aliphatic carbocycles. The largest absolute Gasteiger partial charge is 0.490 e. The van der Waals surface area contributed by atoms with Crippen molar-refractivity contribution in [3.63, 3.8) is 0 Å². The van der Waals surface area contributed by atoms with Crippen molar-refractivity contribution in [1.82, 2.24) is 0 Å². The minimum atomic E-state index is -0.733. The first-order valence-electron chi connectivity index (χ1n) is 15.2. The van der Waals surface area contributed by atoms with Crippen LogP contribution >= 0.6 is 0 Å². The van der Waals surface area contributed by atoms with Crippen LogP contribution in [0.1, 0.15) is 61.4 Å². The number of aryl methyl sites for hydroxylation is 1. The third-order valence-corrected chi connectivity index (χ3v) is 7.30. The molecule has 4 rings (SSSR count). The lowest BCUT2D eigenvalue weighted by Gasteiger charge is -2.21. The normalized spacial score (nSPS) is 12.8. The van der Waals surface area contributed by atoms with Crippen molar-refractivity contribution in [3.05, 3.63) is 102 Å². The smallest absolute Gasteiger partial charge is 0.343 e. The summed E-state index contributed by atoms with van der Waals surface area (Å²) < 4.78 is 27.0. The Morgan fingerprint density at radius 1 is 0.761 bits per heavy atom. The number of hydrogen-bond donors (Lipinski definition) is 0. The molecule has 0 N–H and O–H groups in total. The lowest BCUT2D eigenvalue weighted by molar-refractivity contribution is -0.150. The van der Waals surface area contributed by atoms with Crippen LogP contribution in [-0.2, 0) is 23.9 Å². The first-order valence-corrected chi connectivity index (χ1v) is 15.2. The van der Waals surface area contributed by atoms with Crippen LogP contribution in [0.4, 0.5) is 0 Å². The quantitative estimate of drug-likeness (QED) is 0.0848. The van der Waals surface area contributed by atoms with Crippen LogP contribution in [0.2, 0.25) is 0 Å². The van der Waals surface area contributed by atoms with Gasteiger partial charge in [0.1, 0.15) is 36.6 Å². The highest BCUT2D eigenvalue weighted by molar-refractivity contribution is 5.95. The molecule has 0 unspecified atom stereocenters. The van der Waals surface area contributed by atoms with Crippen molar-refractivity contribution in [2.45, 2.75) is 58.5 Å². The van der Waals surface area contributed by atoms with E-state index in [4.69, 9.17) is 23.7 Å². The van der Waals surface area contributed by atoms with Gasteiger partial charge in [-0.25, -0.2) is 14.4 Å². The summed E-state index contributed by atoms with van der Waals surface area (Å²) in [6, 6.07) is 19.0. The Bertz CT molecular complexity index is 1580. The molecule has 0 heterocycles. The Balaban J connectivity index is 1.25. The van der Waals surface area contributed by atoms with E-state index < -0.39 is 23.9 Å². The number of esters is 4. The molecule has 0 radical (unpaired) electrons. The van der Waals surface area contributed by atoms with Gasteiger partial charge in [-0.3, -0.25) is 4.79 Å². The van der Waals surface area contributed by atoms with E-state index in [1.165, 1.54) is 12.1 Å². The SMILES string of the molecule is C=C(C)C(=O)OCCOc1ccc(-c2ccc(OC(=O)c3ccc(OC(=O)C(=C)CC(=O)OC4CCCCC4)c(C)c3)cc2)cc1. The fourth-order valence-electron chi connectivity index (χ4n) is 4.76. The van der Waals surface area contributed by atoms with E-state index in [0.717, 1.165) is 43.2 Å². The van der Waals surface area contributed by atoms with Gasteiger partial charge < -0.3 is 23.7 Å². The first-order chi connectivity index (χ1) is 22.1. The van der Waals surface area contributed by atoms with Crippen LogP contribution in [-0.4, -0.2) is 43.2 Å². The molecule has 1 fully saturated rings. The molecular weight excluding hydrogens is 588 g/mol. The maximum Gasteiger partial charge on any atom is 0.343 e. The molecule has 0 spiro atoms. The zero-order valence-electron chi connectivity index (χ0n) is 26.2. The van der Waals surface area contributed by atoms with Crippen molar-refractivity contribution in [3.8, 4) is 28.4 Å². The van der Waals surface area contributed by atoms with Crippen LogP contribution in [0.3, 0.4) is 0 Å². The summed E-state index contributed by atoms with van der Waals surface area (Å²) in [6.07, 6.45) is 4.54. The lowest BCUT2D eigenvalue weighted by Crippen LogP contribution is -2.22. The predicted molar refractivity (Wildman–Crippen MR) is 172 cm³/mol. The van der Waals surface area contributed by atoms with Gasteiger partial charge in [-0.15, -0.1) is 0 Å². The first kappa shape index (κ1) is 33.7. The number of hydrogen-bond acceptors (Lipinski definition) is 9. The van der Waals surface area contributed by atoms with E-state index in [1.54, 1.807) is 32.0 Å². The van der Waals surface area contributed by atoms with Crippen LogP contribution < -0.4 is 14.2 Å². The van der Waals surface area contributed by atoms with Gasteiger partial charge in [-0.1, -0.05) is 43.8 Å². The Kier molecular flexibility index (Phi) is 11.9. The number of carbonyl (C=O) groups is 4. The van der Waals surface area contributed by atoms with E-state index in [0.29, 0.717) is 22.6 Å². The minimum Gasteiger partial charge on any atom is -0.490 e. The van der Waals surface area contributed by atoms with Crippen LogP contribution in [0.5, 0.6) is 17.2 Å². The molecule has 0 bridgehead atoms. The molecule has 9 heteroatoms. The molecule has 3 aromatic carbocycles. The average molecular weight is 627 g/mol. The number of ether oxygens (including phenoxy) is 5. The molecule has 0 saturated heterocycles. The van der Waals surface area contributed by atoms with Crippen molar-refractivity contribution in [2.75, 3.05) is 13.2 Å². The van der Waals surface area contributed by atoms with E-state index in [-0.39, 0.29) is 42.6 Å². The number of carbonyl (C=O) groups excluding carboxylic acids is 4. The van der Waals surface area contributed by atoms with Crippen molar-refractivity contribution in [1.29, 1.82) is 0 Å². The minimum absolute atomic E-state index is 0.00442. The summed E-state index contributed by atoms with van der Waals surface area (Å²) in [5.74, 6) is -0.999. The molecular formula is C37H38O9. The lowest BCUT2D eigenvalue weighted by atomic mass is 9.98. The summed E-state index contributed by atoms with van der Waals surface area (Å²) in [7, 11) is 0. The second-order valence-electron chi connectivity index (χ2n) is 11.1. The van der Waals surface area contributed by atoms with E-state index in [9.17, 15) is 19.2 Å². The van der Waals surface area contributed by atoms with E-state index in [1.807, 2.05) is 36.4 Å². The molecule has 3 aromatic rings. The maximum atomic E-state index is 12.8. The molecule has 0 atom stereocenters. The highest BCUT2D eigenvalue weighted by Crippen LogP contribution is 2.27. The van der Waals surface area contributed by atoms with Crippen molar-refractivity contribution >= 4 is 23.9 Å². The summed E-state index contributed by atoms with van der Waals surface area (Å²) >= 11 is 0. The van der Waals surface area contributed by atoms with Gasteiger partial charge in [0.05, 0.1) is 12.0 Å². The molecule has 1 aliphatic rings. The van der Waals surface area contributed by atoms with E-state index >= 15 is 0 Å². The highest BCUT2D eigenvalue weighted by atomic mass is 16.6. The van der Waals surface area contributed by atoms with Gasteiger partial charge in [0.15, 0.2) is 0 Å². The summed E-state index contributed by atoms with van der Waals surface area (Å²) in [4.78, 5) is 49.0. The summed E-state index contributed by atoms with van der Waals surface area (Å²) in [6.45, 7) is 10.9. The Morgan fingerprint density at radius 3 is 2.00 bits per heavy atom. The monoisotopic (exact) mass is 626 g/mol. The van der Waals surface area contributed by atoms with Crippen molar-refractivity contribution in [2.24, 2.45) is 0 Å². The van der Waals surface area contributed by atoms with Gasteiger partial charge in [-0.05, 0) is 98.7 Å². The zero-order valence-corrected chi connectivity index (χ0v) is 26.2. The standard InChI is InChI=1S/C37H38O9/c1-24(2)35(39)43-21-20-42-30-15-10-27(11-16-30)28-12-17-32(18-13-28)45-37(41)29-14-19-33(25(3)22-29)46-36(40)26(4)23-34(38)44-31-8-6-5-7-9-31/h10-19,22,31H,1,4-9,20-21,23H2,2-3H3. The molecule has 46 heavy (non-hydrogen) atoms. The van der Waals surface area contributed by atoms with Gasteiger partial charge in [-0.2, -0.15) is 0 Å². The van der Waals surface area contributed by atoms with Gasteiger partial charge in [0.25, 0.3) is 0 Å². The zero-order chi connectivity index (χ0) is 33.1. The van der Waals surface area contributed by atoms with Crippen molar-refractivity contribution < 1.29 is 42.9 Å². The highest BCUT2D eigenvalue weighted by Gasteiger charge is 2.21. The third-order valence-electron chi connectivity index (χ3n) is 7.30. The fourth-order valence-corrected chi connectivity index (χ4v) is 4.76. The molecule has 0 aliphatic heterocycles. The second-order valence-corrected chi connectivity index (χ2v) is 11.1. The molecule has 240 valence electrons. The fraction of sp³-hybridized carbons (Fsp3) is 0.297. The average Bonchev–Trinajstić information content (AvgIpc) is 3.04. The third kappa shape index (κ3) is 9.92. The van der Waals surface area contributed by atoms with Gasteiger partial charge in [0, 0.05) is 11.1 Å².